The summed E-state index contributed by atoms with van der Waals surface area (Å²) >= 11 is 0. The third-order valence-electron chi connectivity index (χ3n) is 4.73. The Morgan fingerprint density at radius 3 is 1.75 bits per heavy atom. The van der Waals surface area contributed by atoms with Crippen molar-refractivity contribution in [2.75, 3.05) is 58.9 Å². The van der Waals surface area contributed by atoms with Gasteiger partial charge in [-0.05, 0) is 20.8 Å². The first kappa shape index (κ1) is 19.5. The standard InChI is InChI=1S/C16H34N6O2/c1-13(23)10-20-4-5-21(11-14(2)24)7-9-22(8-6-20)12-16-15(3)17-19-18-16/h13-16,23-24H,4-12H2,1-3H3,(H,17,18). The topological polar surface area (TPSA) is 86.9 Å². The molecule has 2 heterocycles. The SMILES string of the molecule is CC(O)CN1CCN(CC(C)O)CCN(CC2N=NNC2C)CC1. The highest BCUT2D eigenvalue weighted by molar-refractivity contribution is 4.84. The Morgan fingerprint density at radius 1 is 0.917 bits per heavy atom. The van der Waals surface area contributed by atoms with E-state index in [1.54, 1.807) is 0 Å². The minimum absolute atomic E-state index is 0.196. The molecule has 1 saturated heterocycles. The van der Waals surface area contributed by atoms with E-state index in [0.717, 1.165) is 45.8 Å². The van der Waals surface area contributed by atoms with Crippen molar-refractivity contribution in [1.82, 2.24) is 20.1 Å². The molecule has 0 bridgehead atoms. The van der Waals surface area contributed by atoms with Crippen molar-refractivity contribution in [3.63, 3.8) is 0 Å². The van der Waals surface area contributed by atoms with Gasteiger partial charge in [0.1, 0.15) is 6.04 Å². The van der Waals surface area contributed by atoms with Crippen LogP contribution in [0.4, 0.5) is 0 Å². The molecule has 140 valence electrons. The summed E-state index contributed by atoms with van der Waals surface area (Å²) in [7, 11) is 0. The molecular formula is C16H34N6O2. The third-order valence-corrected chi connectivity index (χ3v) is 4.73. The van der Waals surface area contributed by atoms with Crippen LogP contribution in [-0.2, 0) is 0 Å². The van der Waals surface area contributed by atoms with Gasteiger partial charge in [-0.1, -0.05) is 5.22 Å². The Morgan fingerprint density at radius 2 is 1.38 bits per heavy atom. The number of nitrogens with one attached hydrogen (secondary N) is 1. The van der Waals surface area contributed by atoms with Gasteiger partial charge >= 0.3 is 0 Å². The lowest BCUT2D eigenvalue weighted by Gasteiger charge is -2.28. The quantitative estimate of drug-likeness (QED) is 0.597. The molecule has 3 N–H and O–H groups in total. The molecule has 8 heteroatoms. The predicted octanol–water partition coefficient (Wildman–Crippen LogP) is -0.605. The van der Waals surface area contributed by atoms with Crippen LogP contribution < -0.4 is 5.43 Å². The number of hydrogen-bond donors (Lipinski definition) is 3. The molecule has 0 spiro atoms. The number of rotatable bonds is 6. The van der Waals surface area contributed by atoms with Crippen LogP contribution in [0.3, 0.4) is 0 Å². The zero-order chi connectivity index (χ0) is 17.5. The molecule has 0 radical (unpaired) electrons. The average Bonchev–Trinajstić information content (AvgIpc) is 2.92. The van der Waals surface area contributed by atoms with Crippen LogP contribution in [0.2, 0.25) is 0 Å². The molecule has 0 aromatic rings. The number of nitrogens with zero attached hydrogens (tertiary/aromatic N) is 5. The monoisotopic (exact) mass is 342 g/mol. The van der Waals surface area contributed by atoms with Gasteiger partial charge in [0, 0.05) is 58.9 Å². The summed E-state index contributed by atoms with van der Waals surface area (Å²) in [4.78, 5) is 7.06. The van der Waals surface area contributed by atoms with Gasteiger partial charge in [-0.2, -0.15) is 5.11 Å². The molecule has 0 aromatic heterocycles. The van der Waals surface area contributed by atoms with Crippen LogP contribution in [-0.4, -0.2) is 108 Å². The van der Waals surface area contributed by atoms with Crippen molar-refractivity contribution >= 4 is 0 Å². The molecule has 2 aliphatic heterocycles. The van der Waals surface area contributed by atoms with E-state index in [9.17, 15) is 10.2 Å². The number of hydrogen-bond acceptors (Lipinski definition) is 8. The zero-order valence-electron chi connectivity index (χ0n) is 15.3. The maximum atomic E-state index is 9.73. The van der Waals surface area contributed by atoms with Crippen molar-refractivity contribution < 1.29 is 10.2 Å². The van der Waals surface area contributed by atoms with E-state index in [4.69, 9.17) is 0 Å². The van der Waals surface area contributed by atoms with E-state index < -0.39 is 0 Å². The second-order valence-electron chi connectivity index (χ2n) is 7.30. The molecule has 24 heavy (non-hydrogen) atoms. The van der Waals surface area contributed by atoms with E-state index in [-0.39, 0.29) is 24.3 Å². The van der Waals surface area contributed by atoms with E-state index >= 15 is 0 Å². The zero-order valence-corrected chi connectivity index (χ0v) is 15.3. The predicted molar refractivity (Wildman–Crippen MR) is 93.9 cm³/mol. The van der Waals surface area contributed by atoms with Gasteiger partial charge in [0.2, 0.25) is 0 Å². The van der Waals surface area contributed by atoms with E-state index in [0.29, 0.717) is 13.1 Å². The van der Waals surface area contributed by atoms with Crippen molar-refractivity contribution in [2.45, 2.75) is 45.1 Å². The Balaban J connectivity index is 1.96. The van der Waals surface area contributed by atoms with Crippen LogP contribution >= 0.6 is 0 Å². The lowest BCUT2D eigenvalue weighted by molar-refractivity contribution is 0.102. The minimum atomic E-state index is -0.322. The van der Waals surface area contributed by atoms with Gasteiger partial charge < -0.3 is 10.2 Å². The Kier molecular flexibility index (Phi) is 7.83. The Labute approximate surface area is 145 Å². The minimum Gasteiger partial charge on any atom is -0.392 e. The van der Waals surface area contributed by atoms with Gasteiger partial charge in [0.15, 0.2) is 0 Å². The summed E-state index contributed by atoms with van der Waals surface area (Å²) in [5.74, 6) is 0. The largest absolute Gasteiger partial charge is 0.392 e. The summed E-state index contributed by atoms with van der Waals surface area (Å²) in [6.07, 6.45) is -0.644. The molecule has 2 aliphatic rings. The highest BCUT2D eigenvalue weighted by Crippen LogP contribution is 2.10. The lowest BCUT2D eigenvalue weighted by Crippen LogP contribution is -2.44. The fourth-order valence-electron chi connectivity index (χ4n) is 3.32. The summed E-state index contributed by atoms with van der Waals surface area (Å²) in [6.45, 7) is 13.7. The van der Waals surface area contributed by atoms with Crippen molar-refractivity contribution in [3.8, 4) is 0 Å². The van der Waals surface area contributed by atoms with E-state index in [1.165, 1.54) is 0 Å². The van der Waals surface area contributed by atoms with Crippen molar-refractivity contribution in [3.05, 3.63) is 0 Å². The van der Waals surface area contributed by atoms with Gasteiger partial charge in [0.05, 0.1) is 18.2 Å². The summed E-state index contributed by atoms with van der Waals surface area (Å²) < 4.78 is 0. The fraction of sp³-hybridized carbons (Fsp3) is 1.00. The Hall–Kier alpha value is -0.800. The van der Waals surface area contributed by atoms with Crippen molar-refractivity contribution in [1.29, 1.82) is 0 Å². The van der Waals surface area contributed by atoms with Crippen molar-refractivity contribution in [2.24, 2.45) is 10.3 Å². The van der Waals surface area contributed by atoms with Crippen LogP contribution in [0.5, 0.6) is 0 Å². The molecule has 4 unspecified atom stereocenters. The second-order valence-corrected chi connectivity index (χ2v) is 7.30. The molecule has 4 atom stereocenters. The number of β-amino-alcohol motifs (C(OH)–C–C–N with tert-alkyl or cyclic N) is 2. The van der Waals surface area contributed by atoms with Gasteiger partial charge in [-0.25, -0.2) is 0 Å². The smallest absolute Gasteiger partial charge is 0.107 e. The van der Waals surface area contributed by atoms with Gasteiger partial charge in [0.25, 0.3) is 0 Å². The number of aliphatic hydroxyl groups is 2. The lowest BCUT2D eigenvalue weighted by atomic mass is 10.1. The molecule has 0 aliphatic carbocycles. The highest BCUT2D eigenvalue weighted by Gasteiger charge is 2.25. The van der Waals surface area contributed by atoms with E-state index in [1.807, 2.05) is 13.8 Å². The summed E-state index contributed by atoms with van der Waals surface area (Å²) in [6, 6.07) is 0.473. The number of aliphatic hydroxyl groups excluding tert-OH is 2. The fourth-order valence-corrected chi connectivity index (χ4v) is 3.32. The molecular weight excluding hydrogens is 308 g/mol. The maximum Gasteiger partial charge on any atom is 0.107 e. The first-order chi connectivity index (χ1) is 11.4. The maximum absolute atomic E-state index is 9.73. The first-order valence-electron chi connectivity index (χ1n) is 9.12. The summed E-state index contributed by atoms with van der Waals surface area (Å²) in [5.41, 5.74) is 3.01. The molecule has 0 amide bonds. The van der Waals surface area contributed by atoms with Crippen LogP contribution in [0.25, 0.3) is 0 Å². The summed E-state index contributed by atoms with van der Waals surface area (Å²) in [5, 5.41) is 27.7. The molecule has 2 rings (SSSR count). The highest BCUT2D eigenvalue weighted by atomic mass is 16.3. The molecule has 0 aromatic carbocycles. The van der Waals surface area contributed by atoms with E-state index in [2.05, 4.69) is 37.4 Å². The first-order valence-corrected chi connectivity index (χ1v) is 9.12. The Bertz CT molecular complexity index is 371. The van der Waals surface area contributed by atoms with Crippen LogP contribution in [0.1, 0.15) is 20.8 Å². The van der Waals surface area contributed by atoms with Crippen LogP contribution in [0, 0.1) is 0 Å². The van der Waals surface area contributed by atoms with Gasteiger partial charge in [-0.15, -0.1) is 0 Å². The van der Waals surface area contributed by atoms with Gasteiger partial charge in [-0.3, -0.25) is 20.1 Å². The third kappa shape index (κ3) is 6.60. The normalized spacial score (nSPS) is 30.4. The molecule has 1 fully saturated rings. The molecule has 0 saturated carbocycles. The average molecular weight is 342 g/mol. The molecule has 8 nitrogen and oxygen atoms in total. The van der Waals surface area contributed by atoms with Crippen LogP contribution in [0.15, 0.2) is 10.3 Å². The second kappa shape index (κ2) is 9.62.